The molecule has 0 aliphatic rings. The van der Waals surface area contributed by atoms with Gasteiger partial charge in [-0.2, -0.15) is 0 Å². The fourth-order valence-corrected chi connectivity index (χ4v) is 1.40. The van der Waals surface area contributed by atoms with Gasteiger partial charge in [-0.1, -0.05) is 12.2 Å². The highest BCUT2D eigenvalue weighted by atomic mass is 32.1. The van der Waals surface area contributed by atoms with Crippen LogP contribution < -0.4 is 5.32 Å². The molecule has 0 saturated heterocycles. The number of aliphatic hydroxyl groups is 1. The lowest BCUT2D eigenvalue weighted by atomic mass is 10.2. The van der Waals surface area contributed by atoms with Crippen molar-refractivity contribution in [3.8, 4) is 0 Å². The zero-order chi connectivity index (χ0) is 11.1. The molecule has 1 aromatic heterocycles. The Balaban J connectivity index is 2.16. The quantitative estimate of drug-likeness (QED) is 0.637. The second-order valence-corrected chi connectivity index (χ2v) is 3.64. The number of thiocarbonyl (C=S) groups is 1. The lowest BCUT2D eigenvalue weighted by Crippen LogP contribution is -2.24. The van der Waals surface area contributed by atoms with E-state index in [1.807, 2.05) is 7.05 Å². The molecule has 1 rings (SSSR count). The van der Waals surface area contributed by atoms with Gasteiger partial charge >= 0.3 is 0 Å². The molecule has 0 saturated carbocycles. The first-order chi connectivity index (χ1) is 7.24. The van der Waals surface area contributed by atoms with Crippen LogP contribution in [-0.4, -0.2) is 43.5 Å². The van der Waals surface area contributed by atoms with E-state index >= 15 is 0 Å². The minimum Gasteiger partial charge on any atom is -0.395 e. The molecule has 2 N–H and O–H groups in total. The molecule has 7 heteroatoms. The Morgan fingerprint density at radius 3 is 3.00 bits per heavy atom. The van der Waals surface area contributed by atoms with Gasteiger partial charge in [0.1, 0.15) is 0 Å². The van der Waals surface area contributed by atoms with Crippen molar-refractivity contribution in [1.29, 1.82) is 0 Å². The Bertz CT molecular complexity index is 314. The first kappa shape index (κ1) is 12.0. The van der Waals surface area contributed by atoms with Gasteiger partial charge in [-0.15, -0.1) is 5.10 Å². The van der Waals surface area contributed by atoms with Crippen LogP contribution in [0, 0.1) is 0 Å². The monoisotopic (exact) mass is 229 g/mol. The Morgan fingerprint density at radius 1 is 1.60 bits per heavy atom. The lowest BCUT2D eigenvalue weighted by molar-refractivity contribution is 0.300. The Labute approximate surface area is 93.7 Å². The Morgan fingerprint density at radius 2 is 2.40 bits per heavy atom. The van der Waals surface area contributed by atoms with Crippen molar-refractivity contribution in [2.45, 2.75) is 19.3 Å². The molecule has 0 atom stereocenters. The van der Waals surface area contributed by atoms with Crippen molar-refractivity contribution >= 4 is 17.2 Å². The van der Waals surface area contributed by atoms with E-state index in [4.69, 9.17) is 17.3 Å². The van der Waals surface area contributed by atoms with E-state index in [9.17, 15) is 0 Å². The average molecular weight is 229 g/mol. The summed E-state index contributed by atoms with van der Waals surface area (Å²) in [6.07, 6.45) is 2.51. The minimum atomic E-state index is 0.105. The number of aromatic nitrogens is 4. The molecule has 0 fully saturated rings. The summed E-state index contributed by atoms with van der Waals surface area (Å²) in [6, 6.07) is 0. The Kier molecular flexibility index (Phi) is 5.13. The third kappa shape index (κ3) is 4.30. The van der Waals surface area contributed by atoms with Gasteiger partial charge in [0.2, 0.25) is 0 Å². The number of aryl methyl sites for hydroxylation is 2. The van der Waals surface area contributed by atoms with Crippen LogP contribution in [0.4, 0.5) is 0 Å². The van der Waals surface area contributed by atoms with Gasteiger partial charge in [-0.3, -0.25) is 0 Å². The molecule has 15 heavy (non-hydrogen) atoms. The van der Waals surface area contributed by atoms with E-state index in [1.165, 1.54) is 0 Å². The SMILES string of the molecule is Cn1nnnc1CCCC(=S)NCCO. The molecule has 84 valence electrons. The van der Waals surface area contributed by atoms with Crippen LogP contribution in [0.2, 0.25) is 0 Å². The van der Waals surface area contributed by atoms with Crippen molar-refractivity contribution in [3.63, 3.8) is 0 Å². The fourth-order valence-electron chi connectivity index (χ4n) is 1.15. The number of aliphatic hydroxyl groups excluding tert-OH is 1. The van der Waals surface area contributed by atoms with Crippen LogP contribution in [0.15, 0.2) is 0 Å². The molecule has 1 heterocycles. The van der Waals surface area contributed by atoms with Crippen LogP contribution in [0.25, 0.3) is 0 Å². The maximum atomic E-state index is 8.58. The predicted octanol–water partition coefficient (Wildman–Crippen LogP) is -0.558. The number of hydrogen-bond acceptors (Lipinski definition) is 5. The third-order valence-corrected chi connectivity index (χ3v) is 2.29. The molecule has 0 aliphatic heterocycles. The maximum absolute atomic E-state index is 8.58. The lowest BCUT2D eigenvalue weighted by Gasteiger charge is -2.05. The van der Waals surface area contributed by atoms with E-state index in [0.717, 1.165) is 30.1 Å². The van der Waals surface area contributed by atoms with Crippen molar-refractivity contribution < 1.29 is 5.11 Å². The largest absolute Gasteiger partial charge is 0.395 e. The predicted molar refractivity (Wildman–Crippen MR) is 59.4 cm³/mol. The number of hydrogen-bond donors (Lipinski definition) is 2. The average Bonchev–Trinajstić information content (AvgIpc) is 2.61. The van der Waals surface area contributed by atoms with E-state index in [0.29, 0.717) is 6.54 Å². The fraction of sp³-hybridized carbons (Fsp3) is 0.750. The molecule has 0 amide bonds. The van der Waals surface area contributed by atoms with Crippen molar-refractivity contribution in [2.75, 3.05) is 13.2 Å². The zero-order valence-electron chi connectivity index (χ0n) is 8.68. The summed E-state index contributed by atoms with van der Waals surface area (Å²) in [7, 11) is 1.82. The highest BCUT2D eigenvalue weighted by Crippen LogP contribution is 1.99. The highest BCUT2D eigenvalue weighted by Gasteiger charge is 2.02. The smallest absolute Gasteiger partial charge is 0.150 e. The van der Waals surface area contributed by atoms with Crippen molar-refractivity contribution in [2.24, 2.45) is 7.05 Å². The van der Waals surface area contributed by atoms with Gasteiger partial charge in [0.25, 0.3) is 0 Å². The number of tetrazole rings is 1. The highest BCUT2D eigenvalue weighted by molar-refractivity contribution is 7.80. The van der Waals surface area contributed by atoms with Crippen LogP contribution in [0.3, 0.4) is 0 Å². The van der Waals surface area contributed by atoms with Crippen LogP contribution >= 0.6 is 12.2 Å². The summed E-state index contributed by atoms with van der Waals surface area (Å²) in [5.74, 6) is 0.861. The first-order valence-electron chi connectivity index (χ1n) is 4.83. The van der Waals surface area contributed by atoms with Gasteiger partial charge in [-0.05, 0) is 23.3 Å². The summed E-state index contributed by atoms with van der Waals surface area (Å²) in [5, 5.41) is 22.7. The molecular weight excluding hydrogens is 214 g/mol. The number of nitrogens with zero attached hydrogens (tertiary/aromatic N) is 4. The van der Waals surface area contributed by atoms with Crippen molar-refractivity contribution in [1.82, 2.24) is 25.5 Å². The van der Waals surface area contributed by atoms with Gasteiger partial charge in [0, 0.05) is 20.0 Å². The molecular formula is C8H15N5OS. The normalized spacial score (nSPS) is 10.3. The summed E-state index contributed by atoms with van der Waals surface area (Å²) in [5.41, 5.74) is 0. The number of nitrogens with one attached hydrogen (secondary N) is 1. The Hall–Kier alpha value is -1.08. The van der Waals surface area contributed by atoms with Gasteiger partial charge in [-0.25, -0.2) is 4.68 Å². The summed E-state index contributed by atoms with van der Waals surface area (Å²) >= 11 is 5.07. The first-order valence-corrected chi connectivity index (χ1v) is 5.23. The molecule has 0 radical (unpaired) electrons. The van der Waals surface area contributed by atoms with Crippen LogP contribution in [0.1, 0.15) is 18.7 Å². The summed E-state index contributed by atoms with van der Waals surface area (Å²) < 4.78 is 1.66. The minimum absolute atomic E-state index is 0.105. The number of rotatable bonds is 6. The van der Waals surface area contributed by atoms with Gasteiger partial charge in [0.05, 0.1) is 11.6 Å². The topological polar surface area (TPSA) is 75.9 Å². The molecule has 0 aliphatic carbocycles. The molecule has 0 spiro atoms. The van der Waals surface area contributed by atoms with E-state index in [1.54, 1.807) is 4.68 Å². The molecule has 0 aromatic carbocycles. The van der Waals surface area contributed by atoms with Gasteiger partial charge < -0.3 is 10.4 Å². The van der Waals surface area contributed by atoms with E-state index < -0.39 is 0 Å². The third-order valence-electron chi connectivity index (χ3n) is 1.95. The summed E-state index contributed by atoms with van der Waals surface area (Å²) in [6.45, 7) is 0.623. The van der Waals surface area contributed by atoms with Crippen molar-refractivity contribution in [3.05, 3.63) is 5.82 Å². The van der Waals surface area contributed by atoms with Crippen LogP contribution in [-0.2, 0) is 13.5 Å². The maximum Gasteiger partial charge on any atom is 0.150 e. The second kappa shape index (κ2) is 6.41. The molecule has 0 bridgehead atoms. The summed E-state index contributed by atoms with van der Waals surface area (Å²) in [4.78, 5) is 0.777. The zero-order valence-corrected chi connectivity index (χ0v) is 9.50. The molecule has 1 aromatic rings. The second-order valence-electron chi connectivity index (χ2n) is 3.15. The van der Waals surface area contributed by atoms with E-state index in [2.05, 4.69) is 20.8 Å². The van der Waals surface area contributed by atoms with Gasteiger partial charge in [0.15, 0.2) is 5.82 Å². The van der Waals surface area contributed by atoms with Crippen LogP contribution in [0.5, 0.6) is 0 Å². The molecule has 0 unspecified atom stereocenters. The molecule has 6 nitrogen and oxygen atoms in total. The van der Waals surface area contributed by atoms with E-state index in [-0.39, 0.29) is 6.61 Å². The standard InChI is InChI=1S/C8H15N5OS/c1-13-7(10-11-12-13)3-2-4-8(15)9-5-6-14/h14H,2-6H2,1H3,(H,9,15).